The maximum Gasteiger partial charge on any atom is 0.226 e. The first kappa shape index (κ1) is 20.2. The fourth-order valence-corrected chi connectivity index (χ4v) is 4.17. The van der Waals surface area contributed by atoms with E-state index in [1.54, 1.807) is 32.7 Å². The summed E-state index contributed by atoms with van der Waals surface area (Å²) < 4.78 is 18.4. The Labute approximate surface area is 178 Å². The quantitative estimate of drug-likeness (QED) is 0.569. The van der Waals surface area contributed by atoms with Crippen LogP contribution < -0.4 is 19.5 Å². The lowest BCUT2D eigenvalue weighted by molar-refractivity contribution is 0.287. The van der Waals surface area contributed by atoms with Gasteiger partial charge in [0.15, 0.2) is 17.3 Å². The third-order valence-corrected chi connectivity index (χ3v) is 5.79. The smallest absolute Gasteiger partial charge is 0.226 e. The predicted molar refractivity (Wildman–Crippen MR) is 116 cm³/mol. The van der Waals surface area contributed by atoms with Gasteiger partial charge in [-0.2, -0.15) is 10.1 Å². The van der Waals surface area contributed by atoms with E-state index in [2.05, 4.69) is 22.4 Å². The van der Waals surface area contributed by atoms with Crippen molar-refractivity contribution < 1.29 is 19.3 Å². The second kappa shape index (κ2) is 8.76. The van der Waals surface area contributed by atoms with E-state index in [0.717, 1.165) is 16.1 Å². The molecular formula is C21H24N4O4S. The lowest BCUT2D eigenvalue weighted by Crippen LogP contribution is -2.20. The Kier molecular flexibility index (Phi) is 5.91. The molecule has 1 atom stereocenters. The number of methoxy groups -OCH3 is 3. The van der Waals surface area contributed by atoms with Crippen LogP contribution in [0.1, 0.15) is 28.7 Å². The van der Waals surface area contributed by atoms with Gasteiger partial charge in [0.25, 0.3) is 0 Å². The van der Waals surface area contributed by atoms with E-state index in [0.29, 0.717) is 41.9 Å². The van der Waals surface area contributed by atoms with Crippen LogP contribution in [0.15, 0.2) is 35.7 Å². The van der Waals surface area contributed by atoms with Gasteiger partial charge in [0.2, 0.25) is 11.7 Å². The summed E-state index contributed by atoms with van der Waals surface area (Å²) in [4.78, 5) is 5.76. The zero-order valence-electron chi connectivity index (χ0n) is 17.1. The van der Waals surface area contributed by atoms with Gasteiger partial charge in [0.05, 0.1) is 31.9 Å². The Bertz CT molecular complexity index is 1020. The minimum Gasteiger partial charge on any atom is -0.493 e. The van der Waals surface area contributed by atoms with Crippen molar-refractivity contribution in [2.45, 2.75) is 18.9 Å². The van der Waals surface area contributed by atoms with Crippen LogP contribution in [-0.2, 0) is 6.42 Å². The lowest BCUT2D eigenvalue weighted by Gasteiger charge is -2.25. The Balaban J connectivity index is 1.83. The van der Waals surface area contributed by atoms with Crippen molar-refractivity contribution in [3.05, 3.63) is 52.0 Å². The van der Waals surface area contributed by atoms with Crippen molar-refractivity contribution in [1.29, 1.82) is 0 Å². The van der Waals surface area contributed by atoms with Gasteiger partial charge in [-0.1, -0.05) is 6.07 Å². The zero-order chi connectivity index (χ0) is 21.1. The molecule has 1 aliphatic heterocycles. The molecule has 2 N–H and O–H groups in total. The number of aliphatic hydroxyl groups excluding tert-OH is 1. The van der Waals surface area contributed by atoms with Crippen molar-refractivity contribution in [3.63, 3.8) is 0 Å². The monoisotopic (exact) mass is 428 g/mol. The molecule has 8 nitrogen and oxygen atoms in total. The summed E-state index contributed by atoms with van der Waals surface area (Å²) in [6.07, 6.45) is 3.34. The first-order valence-electron chi connectivity index (χ1n) is 9.57. The van der Waals surface area contributed by atoms with Crippen LogP contribution in [0, 0.1) is 0 Å². The van der Waals surface area contributed by atoms with E-state index in [1.165, 1.54) is 0 Å². The van der Waals surface area contributed by atoms with Crippen LogP contribution in [0.5, 0.6) is 17.2 Å². The number of hydrogen-bond acceptors (Lipinski definition) is 8. The first-order chi connectivity index (χ1) is 14.7. The number of allylic oxidation sites excluding steroid dienone is 1. The lowest BCUT2D eigenvalue weighted by atomic mass is 10.0. The number of thiophene rings is 1. The Morgan fingerprint density at radius 1 is 1.17 bits per heavy atom. The number of fused-ring (bicyclic) bond motifs is 1. The zero-order valence-corrected chi connectivity index (χ0v) is 17.9. The van der Waals surface area contributed by atoms with E-state index in [-0.39, 0.29) is 12.6 Å². The fourth-order valence-electron chi connectivity index (χ4n) is 3.47. The minimum atomic E-state index is -0.220. The molecule has 1 aromatic carbocycles. The minimum absolute atomic E-state index is 0.103. The van der Waals surface area contributed by atoms with Gasteiger partial charge in [0, 0.05) is 13.0 Å². The third kappa shape index (κ3) is 3.73. The number of anilines is 1. The topological polar surface area (TPSA) is 90.7 Å². The highest BCUT2D eigenvalue weighted by atomic mass is 32.1. The third-order valence-electron chi connectivity index (χ3n) is 4.88. The van der Waals surface area contributed by atoms with Crippen LogP contribution in [0.3, 0.4) is 0 Å². The van der Waals surface area contributed by atoms with Crippen molar-refractivity contribution >= 4 is 23.0 Å². The highest BCUT2D eigenvalue weighted by Gasteiger charge is 2.27. The summed E-state index contributed by atoms with van der Waals surface area (Å²) in [6.45, 7) is 0.103. The second-order valence-corrected chi connectivity index (χ2v) is 7.66. The molecule has 0 unspecified atom stereocenters. The van der Waals surface area contributed by atoms with Gasteiger partial charge in [-0.15, -0.1) is 11.3 Å². The van der Waals surface area contributed by atoms with Crippen LogP contribution >= 0.6 is 11.3 Å². The van der Waals surface area contributed by atoms with Crippen molar-refractivity contribution in [3.8, 4) is 17.2 Å². The number of aryl methyl sites for hydroxylation is 1. The number of aromatic nitrogens is 3. The molecule has 4 rings (SSSR count). The van der Waals surface area contributed by atoms with Gasteiger partial charge < -0.3 is 24.6 Å². The molecule has 0 aliphatic carbocycles. The molecule has 3 heterocycles. The first-order valence-corrected chi connectivity index (χ1v) is 10.4. The molecule has 3 aromatic rings. The predicted octanol–water partition coefficient (Wildman–Crippen LogP) is 3.35. The standard InChI is InChI=1S/C21H24N4O4S/c1-27-16-10-13(11-17(28-2)20(16)29-3)15-12-14(18-6-5-9-30-18)22-21-23-19(7-4-8-26)24-25(15)21/h5-6,9-12,15,26H,4,7-8H2,1-3H3,(H,22,23,24)/t15-/m1/s1. The van der Waals surface area contributed by atoms with Crippen molar-refractivity contribution in [1.82, 2.24) is 14.8 Å². The number of nitrogens with zero attached hydrogens (tertiary/aromatic N) is 3. The van der Waals surface area contributed by atoms with E-state index in [4.69, 9.17) is 24.4 Å². The van der Waals surface area contributed by atoms with Crippen LogP contribution in [0.4, 0.5) is 5.95 Å². The molecule has 158 valence electrons. The second-order valence-electron chi connectivity index (χ2n) is 6.71. The Morgan fingerprint density at radius 2 is 1.93 bits per heavy atom. The van der Waals surface area contributed by atoms with Crippen molar-refractivity contribution in [2.75, 3.05) is 33.3 Å². The number of rotatable bonds is 8. The molecule has 0 saturated carbocycles. The molecule has 0 radical (unpaired) electrons. The van der Waals surface area contributed by atoms with Crippen LogP contribution in [0.2, 0.25) is 0 Å². The Morgan fingerprint density at radius 3 is 2.53 bits per heavy atom. The van der Waals surface area contributed by atoms with E-state index in [9.17, 15) is 0 Å². The summed E-state index contributed by atoms with van der Waals surface area (Å²) in [5, 5.41) is 19.3. The number of benzene rings is 1. The molecule has 0 amide bonds. The SMILES string of the molecule is COc1cc([C@H]2C=C(c3cccs3)Nc3nc(CCCO)nn32)cc(OC)c1OC. The molecule has 0 fully saturated rings. The molecular weight excluding hydrogens is 404 g/mol. The number of ether oxygens (including phenoxy) is 3. The molecule has 2 aromatic heterocycles. The van der Waals surface area contributed by atoms with Crippen molar-refractivity contribution in [2.24, 2.45) is 0 Å². The molecule has 0 bridgehead atoms. The van der Waals surface area contributed by atoms with Gasteiger partial charge in [-0.05, 0) is 41.6 Å². The maximum absolute atomic E-state index is 9.17. The molecule has 30 heavy (non-hydrogen) atoms. The van der Waals surface area contributed by atoms with Gasteiger partial charge in [0.1, 0.15) is 6.04 Å². The van der Waals surface area contributed by atoms with Gasteiger partial charge in [-0.3, -0.25) is 0 Å². The number of hydrogen-bond donors (Lipinski definition) is 2. The summed E-state index contributed by atoms with van der Waals surface area (Å²) in [5.41, 5.74) is 1.90. The summed E-state index contributed by atoms with van der Waals surface area (Å²) in [6, 6.07) is 7.72. The maximum atomic E-state index is 9.17. The molecule has 9 heteroatoms. The van der Waals surface area contributed by atoms with E-state index in [1.807, 2.05) is 28.3 Å². The largest absolute Gasteiger partial charge is 0.493 e. The fraction of sp³-hybridized carbons (Fsp3) is 0.333. The molecule has 0 spiro atoms. The highest BCUT2D eigenvalue weighted by molar-refractivity contribution is 7.11. The average Bonchev–Trinajstić information content (AvgIpc) is 3.45. The average molecular weight is 429 g/mol. The summed E-state index contributed by atoms with van der Waals surface area (Å²) in [5.74, 6) is 3.05. The highest BCUT2D eigenvalue weighted by Crippen LogP contribution is 2.42. The van der Waals surface area contributed by atoms with Gasteiger partial charge in [-0.25, -0.2) is 4.68 Å². The Hall–Kier alpha value is -3.04. The number of aliphatic hydroxyl groups is 1. The van der Waals surface area contributed by atoms with Gasteiger partial charge >= 0.3 is 0 Å². The van der Waals surface area contributed by atoms with E-state index >= 15 is 0 Å². The number of nitrogens with one attached hydrogen (secondary N) is 1. The summed E-state index contributed by atoms with van der Waals surface area (Å²) in [7, 11) is 4.79. The summed E-state index contributed by atoms with van der Waals surface area (Å²) >= 11 is 1.65. The molecule has 0 saturated heterocycles. The normalized spacial score (nSPS) is 15.2. The van der Waals surface area contributed by atoms with E-state index < -0.39 is 0 Å². The van der Waals surface area contributed by atoms with Crippen LogP contribution in [-0.4, -0.2) is 47.8 Å². The van der Waals surface area contributed by atoms with Crippen LogP contribution in [0.25, 0.3) is 5.70 Å². The molecule has 1 aliphatic rings.